The highest BCUT2D eigenvalue weighted by molar-refractivity contribution is 8.00. The molecular formula is C13H14F3NO3S. The second kappa shape index (κ2) is 7.44. The number of benzene rings is 1. The summed E-state index contributed by atoms with van der Waals surface area (Å²) in [6.07, 6.45) is -3.08. The van der Waals surface area contributed by atoms with E-state index in [1.54, 1.807) is 0 Å². The zero-order valence-electron chi connectivity index (χ0n) is 11.2. The van der Waals surface area contributed by atoms with Crippen LogP contribution in [0.3, 0.4) is 0 Å². The number of rotatable bonds is 7. The molecule has 0 saturated carbocycles. The summed E-state index contributed by atoms with van der Waals surface area (Å²) in [6, 6.07) is 2.39. The summed E-state index contributed by atoms with van der Waals surface area (Å²) in [4.78, 5) is 21.0. The molecule has 0 saturated heterocycles. The Morgan fingerprint density at radius 2 is 2.10 bits per heavy atom. The van der Waals surface area contributed by atoms with Gasteiger partial charge in [-0.05, 0) is 24.7 Å². The molecule has 0 bridgehead atoms. The van der Waals surface area contributed by atoms with Crippen molar-refractivity contribution in [2.24, 2.45) is 0 Å². The van der Waals surface area contributed by atoms with Crippen molar-refractivity contribution in [3.8, 4) is 0 Å². The molecule has 0 aliphatic heterocycles. The first-order valence-electron chi connectivity index (χ1n) is 6.21. The van der Waals surface area contributed by atoms with Crippen LogP contribution in [0, 0.1) is 10.1 Å². The lowest BCUT2D eigenvalue weighted by atomic mass is 10.0. The average Bonchev–Trinajstić information content (AvgIpc) is 2.42. The summed E-state index contributed by atoms with van der Waals surface area (Å²) in [5.41, 5.74) is -1.54. The zero-order chi connectivity index (χ0) is 16.0. The zero-order valence-corrected chi connectivity index (χ0v) is 12.0. The highest BCUT2D eigenvalue weighted by atomic mass is 32.2. The highest BCUT2D eigenvalue weighted by Crippen LogP contribution is 2.33. The first-order chi connectivity index (χ1) is 9.79. The maximum absolute atomic E-state index is 12.6. The average molecular weight is 321 g/mol. The van der Waals surface area contributed by atoms with Crippen LogP contribution in [0.2, 0.25) is 0 Å². The molecule has 1 atom stereocenters. The second-order valence-electron chi connectivity index (χ2n) is 4.35. The van der Waals surface area contributed by atoms with E-state index in [-0.39, 0.29) is 12.0 Å². The van der Waals surface area contributed by atoms with Crippen molar-refractivity contribution in [1.82, 2.24) is 0 Å². The van der Waals surface area contributed by atoms with Crippen LogP contribution in [0.4, 0.5) is 18.9 Å². The van der Waals surface area contributed by atoms with Crippen molar-refractivity contribution in [2.45, 2.75) is 31.2 Å². The molecule has 0 aliphatic rings. The van der Waals surface area contributed by atoms with E-state index >= 15 is 0 Å². The third kappa shape index (κ3) is 5.04. The molecule has 0 spiro atoms. The summed E-state index contributed by atoms with van der Waals surface area (Å²) in [5.74, 6) is 0.706. The number of hydrogen-bond donors (Lipinski definition) is 0. The summed E-state index contributed by atoms with van der Waals surface area (Å²) < 4.78 is 37.7. The third-order valence-corrected chi connectivity index (χ3v) is 4.07. The standard InChI is InChI=1S/C13H14F3NO3S/c1-2-5-21-11(8-18)6-9-3-4-10(13(14,15)16)7-12(9)17(19)20/h3-4,7-8,11H,2,5-6H2,1H3. The Bertz CT molecular complexity index is 520. The molecule has 1 unspecified atom stereocenters. The molecule has 0 fully saturated rings. The summed E-state index contributed by atoms with van der Waals surface area (Å²) in [6.45, 7) is 1.93. The molecule has 0 heterocycles. The SMILES string of the molecule is CCCSC(C=O)Cc1ccc(C(F)(F)F)cc1[N+](=O)[O-]. The van der Waals surface area contributed by atoms with Crippen LogP contribution in [0.1, 0.15) is 24.5 Å². The van der Waals surface area contributed by atoms with Crippen LogP contribution in [-0.2, 0) is 17.4 Å². The van der Waals surface area contributed by atoms with Gasteiger partial charge in [0.05, 0.1) is 15.7 Å². The number of aldehydes is 1. The molecule has 4 nitrogen and oxygen atoms in total. The third-order valence-electron chi connectivity index (χ3n) is 2.72. The van der Waals surface area contributed by atoms with Crippen LogP contribution >= 0.6 is 11.8 Å². The number of thioether (sulfide) groups is 1. The van der Waals surface area contributed by atoms with Gasteiger partial charge in [-0.2, -0.15) is 24.9 Å². The molecule has 0 N–H and O–H groups in total. The second-order valence-corrected chi connectivity index (χ2v) is 5.69. The number of hydrogen-bond acceptors (Lipinski definition) is 4. The predicted octanol–water partition coefficient (Wildman–Crippen LogP) is 3.87. The lowest BCUT2D eigenvalue weighted by molar-refractivity contribution is -0.385. The van der Waals surface area contributed by atoms with E-state index in [0.29, 0.717) is 18.1 Å². The Morgan fingerprint density at radius 1 is 1.43 bits per heavy atom. The lowest BCUT2D eigenvalue weighted by Crippen LogP contribution is -2.12. The van der Waals surface area contributed by atoms with E-state index in [2.05, 4.69) is 0 Å². The van der Waals surface area contributed by atoms with Crippen LogP contribution in [-0.4, -0.2) is 22.2 Å². The first-order valence-corrected chi connectivity index (χ1v) is 7.25. The summed E-state index contributed by atoms with van der Waals surface area (Å²) in [5, 5.41) is 10.4. The van der Waals surface area contributed by atoms with Crippen molar-refractivity contribution < 1.29 is 22.9 Å². The van der Waals surface area contributed by atoms with Gasteiger partial charge in [-0.25, -0.2) is 0 Å². The topological polar surface area (TPSA) is 60.2 Å². The van der Waals surface area contributed by atoms with Crippen LogP contribution < -0.4 is 0 Å². The highest BCUT2D eigenvalue weighted by Gasteiger charge is 2.33. The molecule has 116 valence electrons. The number of nitrogens with zero attached hydrogens (tertiary/aromatic N) is 1. The quantitative estimate of drug-likeness (QED) is 0.434. The van der Waals surface area contributed by atoms with Gasteiger partial charge >= 0.3 is 6.18 Å². The van der Waals surface area contributed by atoms with Gasteiger partial charge in [0, 0.05) is 11.6 Å². The van der Waals surface area contributed by atoms with Gasteiger partial charge in [0.15, 0.2) is 0 Å². The minimum atomic E-state index is -4.63. The fourth-order valence-electron chi connectivity index (χ4n) is 1.72. The molecule has 1 rings (SSSR count). The van der Waals surface area contributed by atoms with Crippen molar-refractivity contribution in [1.29, 1.82) is 0 Å². The number of carbonyl (C=O) groups is 1. The molecule has 21 heavy (non-hydrogen) atoms. The van der Waals surface area contributed by atoms with E-state index in [9.17, 15) is 28.1 Å². The molecule has 8 heteroatoms. The van der Waals surface area contributed by atoms with E-state index in [1.807, 2.05) is 6.92 Å². The molecule has 1 aromatic rings. The number of nitro benzene ring substituents is 1. The number of nitro groups is 1. The minimum Gasteiger partial charge on any atom is -0.302 e. The Labute approximate surface area is 123 Å². The van der Waals surface area contributed by atoms with Gasteiger partial charge in [-0.15, -0.1) is 0 Å². The van der Waals surface area contributed by atoms with E-state index in [4.69, 9.17) is 0 Å². The van der Waals surface area contributed by atoms with Crippen LogP contribution in [0.25, 0.3) is 0 Å². The minimum absolute atomic E-state index is 0.0443. The molecule has 0 aliphatic carbocycles. The Hall–Kier alpha value is -1.57. The summed E-state index contributed by atoms with van der Waals surface area (Å²) >= 11 is 1.33. The Morgan fingerprint density at radius 3 is 2.57 bits per heavy atom. The maximum Gasteiger partial charge on any atom is 0.416 e. The van der Waals surface area contributed by atoms with Gasteiger partial charge in [-0.1, -0.05) is 13.0 Å². The molecular weight excluding hydrogens is 307 g/mol. The first kappa shape index (κ1) is 17.5. The normalized spacial score (nSPS) is 13.0. The van der Waals surface area contributed by atoms with Gasteiger partial charge in [-0.3, -0.25) is 10.1 Å². The summed E-state index contributed by atoms with van der Waals surface area (Å²) in [7, 11) is 0. The molecule has 0 radical (unpaired) electrons. The number of alkyl halides is 3. The van der Waals surface area contributed by atoms with E-state index in [0.717, 1.165) is 18.6 Å². The molecule has 0 amide bonds. The fourth-order valence-corrected chi connectivity index (χ4v) is 2.63. The van der Waals surface area contributed by atoms with Crippen molar-refractivity contribution in [2.75, 3.05) is 5.75 Å². The van der Waals surface area contributed by atoms with Gasteiger partial charge in [0.25, 0.3) is 5.69 Å². The van der Waals surface area contributed by atoms with E-state index < -0.39 is 27.6 Å². The number of halogens is 3. The lowest BCUT2D eigenvalue weighted by Gasteiger charge is -2.12. The number of carbonyl (C=O) groups excluding carboxylic acids is 1. The largest absolute Gasteiger partial charge is 0.416 e. The van der Waals surface area contributed by atoms with Crippen molar-refractivity contribution in [3.05, 3.63) is 39.4 Å². The van der Waals surface area contributed by atoms with E-state index in [1.165, 1.54) is 11.8 Å². The van der Waals surface area contributed by atoms with Crippen molar-refractivity contribution >= 4 is 23.7 Å². The van der Waals surface area contributed by atoms with Crippen LogP contribution in [0.15, 0.2) is 18.2 Å². The maximum atomic E-state index is 12.6. The van der Waals surface area contributed by atoms with Crippen LogP contribution in [0.5, 0.6) is 0 Å². The van der Waals surface area contributed by atoms with Gasteiger partial charge < -0.3 is 4.79 Å². The smallest absolute Gasteiger partial charge is 0.302 e. The van der Waals surface area contributed by atoms with Crippen molar-refractivity contribution in [3.63, 3.8) is 0 Å². The fraction of sp³-hybridized carbons (Fsp3) is 0.462. The van der Waals surface area contributed by atoms with Gasteiger partial charge in [0.1, 0.15) is 6.29 Å². The predicted molar refractivity (Wildman–Crippen MR) is 74.4 cm³/mol. The molecule has 0 aromatic heterocycles. The Kier molecular flexibility index (Phi) is 6.19. The van der Waals surface area contributed by atoms with Gasteiger partial charge in [0.2, 0.25) is 0 Å². The Balaban J connectivity index is 3.06. The monoisotopic (exact) mass is 321 g/mol. The molecule has 1 aromatic carbocycles.